The highest BCUT2D eigenvalue weighted by Crippen LogP contribution is 2.39. The van der Waals surface area contributed by atoms with Crippen LogP contribution >= 0.6 is 11.6 Å². The highest BCUT2D eigenvalue weighted by molar-refractivity contribution is 6.46. The molecule has 1 unspecified atom stereocenters. The minimum absolute atomic E-state index is 0.00101. The molecule has 1 heterocycles. The lowest BCUT2D eigenvalue weighted by molar-refractivity contribution is -0.139. The van der Waals surface area contributed by atoms with Crippen molar-refractivity contribution in [1.82, 2.24) is 4.90 Å². The number of amides is 1. The normalized spacial score (nSPS) is 17.9. The fourth-order valence-electron chi connectivity index (χ4n) is 3.75. The van der Waals surface area contributed by atoms with Crippen LogP contribution in [0.15, 0.2) is 84.4 Å². The maximum atomic E-state index is 13.5. The van der Waals surface area contributed by atoms with E-state index in [2.05, 4.69) is 0 Å². The van der Waals surface area contributed by atoms with Crippen molar-refractivity contribution in [2.75, 3.05) is 6.54 Å². The molecule has 4 rings (SSSR count). The van der Waals surface area contributed by atoms with Crippen LogP contribution in [-0.4, -0.2) is 28.2 Å². The molecule has 0 bridgehead atoms. The second-order valence-corrected chi connectivity index (χ2v) is 7.72. The van der Waals surface area contributed by atoms with Gasteiger partial charge >= 0.3 is 0 Å². The second-order valence-electron chi connectivity index (χ2n) is 7.29. The van der Waals surface area contributed by atoms with Gasteiger partial charge in [0.25, 0.3) is 11.7 Å². The number of benzene rings is 3. The largest absolute Gasteiger partial charge is 0.507 e. The Balaban J connectivity index is 1.75. The highest BCUT2D eigenvalue weighted by atomic mass is 35.5. The summed E-state index contributed by atoms with van der Waals surface area (Å²) in [6, 6.07) is 20.6. The number of rotatable bonds is 5. The van der Waals surface area contributed by atoms with Gasteiger partial charge in [-0.2, -0.15) is 0 Å². The van der Waals surface area contributed by atoms with Crippen molar-refractivity contribution in [2.24, 2.45) is 0 Å². The van der Waals surface area contributed by atoms with E-state index in [4.69, 9.17) is 11.6 Å². The third-order valence-electron chi connectivity index (χ3n) is 5.33. The van der Waals surface area contributed by atoms with E-state index in [1.165, 1.54) is 29.2 Å². The number of Topliss-reactive ketones (excluding diaryl/α,β-unsaturated/α-hetero) is 1. The van der Waals surface area contributed by atoms with E-state index in [9.17, 15) is 19.1 Å². The lowest BCUT2D eigenvalue weighted by atomic mass is 9.95. The van der Waals surface area contributed by atoms with E-state index in [-0.39, 0.29) is 17.9 Å². The smallest absolute Gasteiger partial charge is 0.295 e. The second kappa shape index (κ2) is 8.74. The third-order valence-corrected chi connectivity index (χ3v) is 5.58. The van der Waals surface area contributed by atoms with Gasteiger partial charge in [0.2, 0.25) is 0 Å². The van der Waals surface area contributed by atoms with Crippen LogP contribution in [0.25, 0.3) is 5.76 Å². The van der Waals surface area contributed by atoms with Crippen LogP contribution in [0.4, 0.5) is 4.39 Å². The minimum atomic E-state index is -0.812. The predicted molar refractivity (Wildman–Crippen MR) is 117 cm³/mol. The topological polar surface area (TPSA) is 57.6 Å². The summed E-state index contributed by atoms with van der Waals surface area (Å²) in [5.74, 6) is -2.13. The molecule has 3 aromatic carbocycles. The fourth-order valence-corrected chi connectivity index (χ4v) is 3.88. The first-order valence-corrected chi connectivity index (χ1v) is 10.2. The van der Waals surface area contributed by atoms with E-state index >= 15 is 0 Å². The lowest BCUT2D eigenvalue weighted by Gasteiger charge is -2.25. The van der Waals surface area contributed by atoms with Crippen molar-refractivity contribution in [3.63, 3.8) is 0 Å². The fraction of sp³-hybridized carbons (Fsp3) is 0.120. The Kier molecular flexibility index (Phi) is 5.87. The van der Waals surface area contributed by atoms with Gasteiger partial charge in [0.15, 0.2) is 0 Å². The molecule has 3 aromatic rings. The van der Waals surface area contributed by atoms with Gasteiger partial charge in [-0.15, -0.1) is 0 Å². The predicted octanol–water partition coefficient (Wildman–Crippen LogP) is 5.14. The van der Waals surface area contributed by atoms with Crippen molar-refractivity contribution < 1.29 is 19.1 Å². The zero-order valence-corrected chi connectivity index (χ0v) is 17.2. The quantitative estimate of drug-likeness (QED) is 0.343. The molecule has 1 aliphatic heterocycles. The van der Waals surface area contributed by atoms with Gasteiger partial charge in [0.1, 0.15) is 11.6 Å². The maximum absolute atomic E-state index is 13.5. The zero-order valence-electron chi connectivity index (χ0n) is 16.5. The Morgan fingerprint density at radius 2 is 1.58 bits per heavy atom. The molecule has 0 aromatic heterocycles. The third kappa shape index (κ3) is 4.23. The Morgan fingerprint density at radius 1 is 0.935 bits per heavy atom. The summed E-state index contributed by atoms with van der Waals surface area (Å²) in [5, 5.41) is 11.5. The number of aliphatic hydroxyl groups is 1. The standard InChI is InChI=1S/C25H19ClFNO3/c26-19-10-6-16(7-11-19)14-15-28-22(17-8-12-20(27)13-9-17)21(24(30)25(28)31)23(29)18-4-2-1-3-5-18/h1-13,22,29H,14-15H2/b23-21-. The average molecular weight is 436 g/mol. The summed E-state index contributed by atoms with van der Waals surface area (Å²) in [7, 11) is 0. The molecule has 0 radical (unpaired) electrons. The van der Waals surface area contributed by atoms with Crippen LogP contribution in [0.1, 0.15) is 22.7 Å². The molecule has 0 aliphatic carbocycles. The molecule has 6 heteroatoms. The number of hydrogen-bond acceptors (Lipinski definition) is 3. The van der Waals surface area contributed by atoms with Crippen molar-refractivity contribution in [1.29, 1.82) is 0 Å². The molecule has 1 atom stereocenters. The maximum Gasteiger partial charge on any atom is 0.295 e. The first-order valence-electron chi connectivity index (χ1n) is 9.79. The van der Waals surface area contributed by atoms with E-state index in [0.29, 0.717) is 22.6 Å². The molecular formula is C25H19ClFNO3. The first-order chi connectivity index (χ1) is 15.0. The molecule has 4 nitrogen and oxygen atoms in total. The van der Waals surface area contributed by atoms with Gasteiger partial charge in [0, 0.05) is 17.1 Å². The monoisotopic (exact) mass is 435 g/mol. The van der Waals surface area contributed by atoms with Crippen molar-refractivity contribution >= 4 is 29.1 Å². The molecule has 0 saturated carbocycles. The molecule has 0 spiro atoms. The van der Waals surface area contributed by atoms with Gasteiger partial charge in [-0.3, -0.25) is 9.59 Å². The number of carbonyl (C=O) groups is 2. The Labute approximate surface area is 184 Å². The minimum Gasteiger partial charge on any atom is -0.507 e. The average Bonchev–Trinajstić information content (AvgIpc) is 3.04. The van der Waals surface area contributed by atoms with Crippen LogP contribution in [0.5, 0.6) is 0 Å². The van der Waals surface area contributed by atoms with Crippen LogP contribution in [0, 0.1) is 5.82 Å². The SMILES string of the molecule is O=C1C(=O)N(CCc2ccc(Cl)cc2)C(c2ccc(F)cc2)/C1=C(/O)c1ccccc1. The summed E-state index contributed by atoms with van der Waals surface area (Å²) in [6.45, 7) is 0.250. The van der Waals surface area contributed by atoms with Crippen LogP contribution in [-0.2, 0) is 16.0 Å². The van der Waals surface area contributed by atoms with Gasteiger partial charge < -0.3 is 10.0 Å². The summed E-state index contributed by atoms with van der Waals surface area (Å²) in [5.41, 5.74) is 1.94. The van der Waals surface area contributed by atoms with E-state index in [1.54, 1.807) is 42.5 Å². The number of halogens is 2. The number of hydrogen-bond donors (Lipinski definition) is 1. The van der Waals surface area contributed by atoms with E-state index in [1.807, 2.05) is 12.1 Å². The molecule has 1 saturated heterocycles. The summed E-state index contributed by atoms with van der Waals surface area (Å²) in [4.78, 5) is 27.3. The molecule has 1 aliphatic rings. The summed E-state index contributed by atoms with van der Waals surface area (Å²) in [6.07, 6.45) is 0.493. The zero-order chi connectivity index (χ0) is 22.0. The van der Waals surface area contributed by atoms with Crippen LogP contribution in [0.3, 0.4) is 0 Å². The summed E-state index contributed by atoms with van der Waals surface area (Å²) >= 11 is 5.94. The number of ketones is 1. The molecule has 156 valence electrons. The van der Waals surface area contributed by atoms with Gasteiger partial charge in [-0.25, -0.2) is 4.39 Å². The van der Waals surface area contributed by atoms with Gasteiger partial charge in [-0.1, -0.05) is 66.2 Å². The van der Waals surface area contributed by atoms with Crippen molar-refractivity contribution in [3.05, 3.63) is 112 Å². The Bertz CT molecular complexity index is 1140. The molecule has 1 N–H and O–H groups in total. The molecular weight excluding hydrogens is 417 g/mol. The lowest BCUT2D eigenvalue weighted by Crippen LogP contribution is -2.31. The number of likely N-dealkylation sites (tertiary alicyclic amines) is 1. The number of carbonyl (C=O) groups excluding carboxylic acids is 2. The van der Waals surface area contributed by atoms with Crippen LogP contribution < -0.4 is 0 Å². The highest BCUT2D eigenvalue weighted by Gasteiger charge is 2.45. The molecule has 1 amide bonds. The van der Waals surface area contributed by atoms with Crippen molar-refractivity contribution in [2.45, 2.75) is 12.5 Å². The number of aliphatic hydroxyl groups excluding tert-OH is 1. The van der Waals surface area contributed by atoms with Crippen LogP contribution in [0.2, 0.25) is 5.02 Å². The Hall–Kier alpha value is -3.44. The molecule has 31 heavy (non-hydrogen) atoms. The first kappa shape index (κ1) is 20.8. The van der Waals surface area contributed by atoms with E-state index < -0.39 is 23.5 Å². The van der Waals surface area contributed by atoms with E-state index in [0.717, 1.165) is 5.56 Å². The number of nitrogens with zero attached hydrogens (tertiary/aromatic N) is 1. The van der Waals surface area contributed by atoms with Crippen molar-refractivity contribution in [3.8, 4) is 0 Å². The van der Waals surface area contributed by atoms with Gasteiger partial charge in [-0.05, 0) is 41.8 Å². The van der Waals surface area contributed by atoms with Gasteiger partial charge in [0.05, 0.1) is 11.6 Å². The Morgan fingerprint density at radius 3 is 2.23 bits per heavy atom. The summed E-state index contributed by atoms with van der Waals surface area (Å²) < 4.78 is 13.5. The molecule has 1 fully saturated rings.